The molecule has 3 nitrogen and oxygen atoms in total. The van der Waals surface area contributed by atoms with Gasteiger partial charge in [-0.3, -0.25) is 0 Å². The first-order chi connectivity index (χ1) is 10.1. The SMILES string of the molecule is Cc1ccccc1CNC(=O)N(C)Cc1ccc(Cl)cc1. The Hall–Kier alpha value is -2.00. The highest BCUT2D eigenvalue weighted by molar-refractivity contribution is 6.30. The third-order valence-corrected chi connectivity index (χ3v) is 3.62. The molecule has 4 heteroatoms. The molecule has 0 heterocycles. The van der Waals surface area contributed by atoms with Crippen LogP contribution in [-0.2, 0) is 13.1 Å². The summed E-state index contributed by atoms with van der Waals surface area (Å²) in [4.78, 5) is 13.7. The third-order valence-electron chi connectivity index (χ3n) is 3.37. The van der Waals surface area contributed by atoms with Crippen molar-refractivity contribution in [1.82, 2.24) is 10.2 Å². The summed E-state index contributed by atoms with van der Waals surface area (Å²) in [6, 6.07) is 15.5. The molecule has 2 rings (SSSR count). The first-order valence-corrected chi connectivity index (χ1v) is 7.22. The van der Waals surface area contributed by atoms with E-state index in [0.29, 0.717) is 18.1 Å². The van der Waals surface area contributed by atoms with E-state index in [1.807, 2.05) is 55.5 Å². The second-order valence-electron chi connectivity index (χ2n) is 5.07. The Balaban J connectivity index is 1.88. The van der Waals surface area contributed by atoms with Gasteiger partial charge in [-0.2, -0.15) is 0 Å². The van der Waals surface area contributed by atoms with Crippen molar-refractivity contribution in [3.05, 3.63) is 70.2 Å². The van der Waals surface area contributed by atoms with Crippen LogP contribution in [0.2, 0.25) is 5.02 Å². The average molecular weight is 303 g/mol. The Morgan fingerprint density at radius 3 is 2.48 bits per heavy atom. The van der Waals surface area contributed by atoms with Crippen LogP contribution < -0.4 is 5.32 Å². The fraction of sp³-hybridized carbons (Fsp3) is 0.235. The second kappa shape index (κ2) is 7.14. The molecule has 2 aromatic rings. The number of carbonyl (C=O) groups excluding carboxylic acids is 1. The van der Waals surface area contributed by atoms with Gasteiger partial charge in [0.05, 0.1) is 0 Å². The molecule has 0 saturated heterocycles. The van der Waals surface area contributed by atoms with Gasteiger partial charge >= 0.3 is 6.03 Å². The molecule has 0 atom stereocenters. The highest BCUT2D eigenvalue weighted by Gasteiger charge is 2.09. The third kappa shape index (κ3) is 4.50. The lowest BCUT2D eigenvalue weighted by Crippen LogP contribution is -2.36. The highest BCUT2D eigenvalue weighted by atomic mass is 35.5. The van der Waals surface area contributed by atoms with E-state index in [1.165, 1.54) is 5.56 Å². The Bertz CT molecular complexity index is 610. The van der Waals surface area contributed by atoms with E-state index in [0.717, 1.165) is 11.1 Å². The molecule has 0 fully saturated rings. The average Bonchev–Trinajstić information content (AvgIpc) is 2.48. The molecule has 0 aromatic heterocycles. The molecule has 1 N–H and O–H groups in total. The first-order valence-electron chi connectivity index (χ1n) is 6.84. The molecule has 110 valence electrons. The van der Waals surface area contributed by atoms with Gasteiger partial charge in [0.1, 0.15) is 0 Å². The maximum Gasteiger partial charge on any atom is 0.317 e. The first kappa shape index (κ1) is 15.4. The molecule has 21 heavy (non-hydrogen) atoms. The predicted octanol–water partition coefficient (Wildman–Crippen LogP) is 3.99. The number of aryl methyl sites for hydroxylation is 1. The van der Waals surface area contributed by atoms with E-state index in [2.05, 4.69) is 5.32 Å². The topological polar surface area (TPSA) is 32.3 Å². The van der Waals surface area contributed by atoms with Crippen LogP contribution in [0.1, 0.15) is 16.7 Å². The number of nitrogens with zero attached hydrogens (tertiary/aromatic N) is 1. The number of carbonyl (C=O) groups is 1. The van der Waals surface area contributed by atoms with Gasteiger partial charge < -0.3 is 10.2 Å². The predicted molar refractivity (Wildman–Crippen MR) is 86.3 cm³/mol. The summed E-state index contributed by atoms with van der Waals surface area (Å²) in [7, 11) is 1.78. The summed E-state index contributed by atoms with van der Waals surface area (Å²) in [6.45, 7) is 3.13. The quantitative estimate of drug-likeness (QED) is 0.910. The van der Waals surface area contributed by atoms with Crippen LogP contribution in [0.4, 0.5) is 4.79 Å². The maximum atomic E-state index is 12.1. The van der Waals surface area contributed by atoms with Crippen molar-refractivity contribution >= 4 is 17.6 Å². The Morgan fingerprint density at radius 2 is 1.81 bits per heavy atom. The molecule has 0 radical (unpaired) electrons. The summed E-state index contributed by atoms with van der Waals surface area (Å²) in [6.07, 6.45) is 0. The fourth-order valence-electron chi connectivity index (χ4n) is 2.05. The summed E-state index contributed by atoms with van der Waals surface area (Å²) >= 11 is 5.85. The Kier molecular flexibility index (Phi) is 5.23. The van der Waals surface area contributed by atoms with Crippen LogP contribution in [0.25, 0.3) is 0 Å². The van der Waals surface area contributed by atoms with Crippen LogP contribution in [-0.4, -0.2) is 18.0 Å². The van der Waals surface area contributed by atoms with E-state index >= 15 is 0 Å². The van der Waals surface area contributed by atoms with Gasteiger partial charge in [0, 0.05) is 25.2 Å². The monoisotopic (exact) mass is 302 g/mol. The van der Waals surface area contributed by atoms with E-state index in [1.54, 1.807) is 11.9 Å². The van der Waals surface area contributed by atoms with Crippen molar-refractivity contribution in [3.8, 4) is 0 Å². The molecule has 0 saturated carbocycles. The fourth-order valence-corrected chi connectivity index (χ4v) is 2.18. The van der Waals surface area contributed by atoms with Crippen LogP contribution in [0.3, 0.4) is 0 Å². The molecule has 0 aliphatic heterocycles. The van der Waals surface area contributed by atoms with Gasteiger partial charge in [0.25, 0.3) is 0 Å². The number of urea groups is 1. The number of rotatable bonds is 4. The van der Waals surface area contributed by atoms with Gasteiger partial charge in [-0.25, -0.2) is 4.79 Å². The number of hydrogen-bond acceptors (Lipinski definition) is 1. The molecule has 0 unspecified atom stereocenters. The van der Waals surface area contributed by atoms with Gasteiger partial charge in [-0.15, -0.1) is 0 Å². The second-order valence-corrected chi connectivity index (χ2v) is 5.50. The normalized spacial score (nSPS) is 10.2. The zero-order valence-corrected chi connectivity index (χ0v) is 13.0. The minimum absolute atomic E-state index is 0.0896. The van der Waals surface area contributed by atoms with E-state index < -0.39 is 0 Å². The van der Waals surface area contributed by atoms with Crippen molar-refractivity contribution in [2.24, 2.45) is 0 Å². The van der Waals surface area contributed by atoms with Crippen LogP contribution in [0.5, 0.6) is 0 Å². The molecule has 2 amide bonds. The summed E-state index contributed by atoms with van der Waals surface area (Å²) in [5.41, 5.74) is 3.36. The van der Waals surface area contributed by atoms with Gasteiger partial charge in [-0.05, 0) is 35.7 Å². The van der Waals surface area contributed by atoms with Crippen molar-refractivity contribution in [3.63, 3.8) is 0 Å². The summed E-state index contributed by atoms with van der Waals surface area (Å²) < 4.78 is 0. The molecule has 0 aliphatic rings. The Morgan fingerprint density at radius 1 is 1.14 bits per heavy atom. The minimum Gasteiger partial charge on any atom is -0.334 e. The van der Waals surface area contributed by atoms with E-state index in [4.69, 9.17) is 11.6 Å². The lowest BCUT2D eigenvalue weighted by atomic mass is 10.1. The number of amides is 2. The van der Waals surface area contributed by atoms with Crippen molar-refractivity contribution in [2.75, 3.05) is 7.05 Å². The lowest BCUT2D eigenvalue weighted by Gasteiger charge is -2.18. The molecule has 0 spiro atoms. The van der Waals surface area contributed by atoms with E-state index in [9.17, 15) is 4.79 Å². The lowest BCUT2D eigenvalue weighted by molar-refractivity contribution is 0.206. The minimum atomic E-state index is -0.0896. The van der Waals surface area contributed by atoms with Gasteiger partial charge in [-0.1, -0.05) is 48.0 Å². The van der Waals surface area contributed by atoms with Gasteiger partial charge in [0.2, 0.25) is 0 Å². The van der Waals surface area contributed by atoms with Gasteiger partial charge in [0.15, 0.2) is 0 Å². The van der Waals surface area contributed by atoms with Crippen LogP contribution in [0, 0.1) is 6.92 Å². The van der Waals surface area contributed by atoms with E-state index in [-0.39, 0.29) is 6.03 Å². The summed E-state index contributed by atoms with van der Waals surface area (Å²) in [5, 5.41) is 3.63. The summed E-state index contributed by atoms with van der Waals surface area (Å²) in [5.74, 6) is 0. The molecule has 0 aliphatic carbocycles. The van der Waals surface area contributed by atoms with Crippen molar-refractivity contribution in [1.29, 1.82) is 0 Å². The smallest absolute Gasteiger partial charge is 0.317 e. The number of nitrogens with one attached hydrogen (secondary N) is 1. The number of hydrogen-bond donors (Lipinski definition) is 1. The molecular weight excluding hydrogens is 284 g/mol. The zero-order chi connectivity index (χ0) is 15.2. The zero-order valence-electron chi connectivity index (χ0n) is 12.3. The number of halogens is 1. The van der Waals surface area contributed by atoms with Crippen molar-refractivity contribution < 1.29 is 4.79 Å². The standard InChI is InChI=1S/C17H19ClN2O/c1-13-5-3-4-6-15(13)11-19-17(21)20(2)12-14-7-9-16(18)10-8-14/h3-10H,11-12H2,1-2H3,(H,19,21). The molecule has 2 aromatic carbocycles. The number of benzene rings is 2. The molecular formula is C17H19ClN2O. The van der Waals surface area contributed by atoms with Crippen molar-refractivity contribution in [2.45, 2.75) is 20.0 Å². The van der Waals surface area contributed by atoms with Crippen LogP contribution in [0.15, 0.2) is 48.5 Å². The molecule has 0 bridgehead atoms. The largest absolute Gasteiger partial charge is 0.334 e. The van der Waals surface area contributed by atoms with Crippen LogP contribution >= 0.6 is 11.6 Å². The Labute approximate surface area is 130 Å². The highest BCUT2D eigenvalue weighted by Crippen LogP contribution is 2.11. The maximum absolute atomic E-state index is 12.1.